The minimum absolute atomic E-state index is 0.413. The molecule has 1 saturated heterocycles. The fourth-order valence-corrected chi connectivity index (χ4v) is 5.00. The van der Waals surface area contributed by atoms with Crippen molar-refractivity contribution in [1.29, 1.82) is 0 Å². The molecule has 24 heavy (non-hydrogen) atoms. The van der Waals surface area contributed by atoms with Crippen LogP contribution in [-0.2, 0) is 10.0 Å². The first-order valence-corrected chi connectivity index (χ1v) is 10.0. The second-order valence-corrected chi connectivity index (χ2v) is 7.86. The summed E-state index contributed by atoms with van der Waals surface area (Å²) in [5, 5.41) is 5.01. The summed E-state index contributed by atoms with van der Waals surface area (Å²) in [4.78, 5) is 2.67. The number of fused-ring (bicyclic) bond motifs is 1. The van der Waals surface area contributed by atoms with E-state index >= 15 is 0 Å². The van der Waals surface area contributed by atoms with Crippen molar-refractivity contribution in [2.75, 3.05) is 44.2 Å². The van der Waals surface area contributed by atoms with Crippen molar-refractivity contribution >= 4 is 26.5 Å². The van der Waals surface area contributed by atoms with Crippen molar-refractivity contribution in [3.63, 3.8) is 0 Å². The van der Waals surface area contributed by atoms with E-state index in [4.69, 9.17) is 0 Å². The molecule has 2 aromatic carbocycles. The van der Waals surface area contributed by atoms with E-state index in [0.717, 1.165) is 29.5 Å². The Kier molecular flexibility index (Phi) is 5.08. The van der Waals surface area contributed by atoms with Crippen LogP contribution in [0.25, 0.3) is 10.8 Å². The molecule has 0 aliphatic carbocycles. The van der Waals surface area contributed by atoms with Crippen molar-refractivity contribution in [2.45, 2.75) is 18.7 Å². The molecule has 0 spiro atoms. The molecule has 6 heteroatoms. The molecular weight excluding hydrogens is 322 g/mol. The summed E-state index contributed by atoms with van der Waals surface area (Å²) in [7, 11) is -3.47. The quantitative estimate of drug-likeness (QED) is 0.902. The molecule has 1 fully saturated rings. The average Bonchev–Trinajstić information content (AvgIpc) is 2.63. The van der Waals surface area contributed by atoms with Crippen LogP contribution in [0.3, 0.4) is 0 Å². The van der Waals surface area contributed by atoms with Gasteiger partial charge in [-0.05, 0) is 26.0 Å². The molecule has 0 amide bonds. The van der Waals surface area contributed by atoms with Crippen molar-refractivity contribution in [3.8, 4) is 0 Å². The predicted octanol–water partition coefficient (Wildman–Crippen LogP) is 2.28. The second kappa shape index (κ2) is 7.09. The monoisotopic (exact) mass is 347 g/mol. The van der Waals surface area contributed by atoms with Gasteiger partial charge in [0.25, 0.3) is 0 Å². The summed E-state index contributed by atoms with van der Waals surface area (Å²) in [5.41, 5.74) is 1.09. The van der Waals surface area contributed by atoms with E-state index in [1.807, 2.05) is 24.3 Å². The molecule has 0 saturated carbocycles. The molecule has 1 N–H and O–H groups in total. The van der Waals surface area contributed by atoms with Crippen LogP contribution in [0.15, 0.2) is 41.3 Å². The van der Waals surface area contributed by atoms with Crippen LogP contribution in [0.4, 0.5) is 5.69 Å². The lowest BCUT2D eigenvalue weighted by Crippen LogP contribution is -2.46. The van der Waals surface area contributed by atoms with Gasteiger partial charge in [-0.15, -0.1) is 0 Å². The highest BCUT2D eigenvalue weighted by atomic mass is 32.2. The van der Waals surface area contributed by atoms with Crippen molar-refractivity contribution in [1.82, 2.24) is 9.62 Å². The first kappa shape index (κ1) is 17.2. The largest absolute Gasteiger partial charge is 0.372 e. The van der Waals surface area contributed by atoms with E-state index in [2.05, 4.69) is 30.1 Å². The van der Waals surface area contributed by atoms with E-state index < -0.39 is 10.0 Å². The van der Waals surface area contributed by atoms with Gasteiger partial charge in [0.05, 0.1) is 4.90 Å². The summed E-state index contributed by atoms with van der Waals surface area (Å²) in [5.74, 6) is 0. The Balaban J connectivity index is 2.14. The molecule has 1 heterocycles. The number of nitrogens with zero attached hydrogens (tertiary/aromatic N) is 2. The van der Waals surface area contributed by atoms with E-state index in [1.165, 1.54) is 0 Å². The van der Waals surface area contributed by atoms with E-state index in [-0.39, 0.29) is 0 Å². The minimum Gasteiger partial charge on any atom is -0.372 e. The first-order chi connectivity index (χ1) is 11.6. The molecule has 0 bridgehead atoms. The molecule has 0 unspecified atom stereocenters. The fourth-order valence-electron chi connectivity index (χ4n) is 3.35. The molecule has 130 valence electrons. The molecule has 1 aliphatic heterocycles. The predicted molar refractivity (Wildman–Crippen MR) is 99.1 cm³/mol. The van der Waals surface area contributed by atoms with E-state index in [9.17, 15) is 8.42 Å². The maximum atomic E-state index is 13.1. The summed E-state index contributed by atoms with van der Waals surface area (Å²) >= 11 is 0. The number of hydrogen-bond acceptors (Lipinski definition) is 4. The molecule has 1 aliphatic rings. The third kappa shape index (κ3) is 3.01. The molecule has 2 aromatic rings. The highest BCUT2D eigenvalue weighted by Gasteiger charge is 2.27. The number of rotatable bonds is 5. The van der Waals surface area contributed by atoms with Gasteiger partial charge in [0.15, 0.2) is 0 Å². The summed E-state index contributed by atoms with van der Waals surface area (Å²) in [6, 6.07) is 11.5. The maximum absolute atomic E-state index is 13.1. The minimum atomic E-state index is -3.47. The normalized spacial score (nSPS) is 16.4. The zero-order valence-corrected chi connectivity index (χ0v) is 15.1. The Morgan fingerprint density at radius 1 is 1.00 bits per heavy atom. The highest BCUT2D eigenvalue weighted by molar-refractivity contribution is 7.89. The smallest absolute Gasteiger partial charge is 0.243 e. The number of anilines is 1. The highest BCUT2D eigenvalue weighted by Crippen LogP contribution is 2.32. The van der Waals surface area contributed by atoms with Crippen LogP contribution in [0.1, 0.15) is 13.8 Å². The number of piperazine rings is 1. The van der Waals surface area contributed by atoms with Crippen LogP contribution >= 0.6 is 0 Å². The molecular formula is C18H25N3O2S. The van der Waals surface area contributed by atoms with Gasteiger partial charge in [0.1, 0.15) is 0 Å². The van der Waals surface area contributed by atoms with Crippen molar-refractivity contribution in [3.05, 3.63) is 36.4 Å². The van der Waals surface area contributed by atoms with Gasteiger partial charge in [0, 0.05) is 55.7 Å². The molecule has 3 rings (SSSR count). The lowest BCUT2D eigenvalue weighted by molar-refractivity contribution is 0.360. The zero-order valence-electron chi connectivity index (χ0n) is 14.3. The lowest BCUT2D eigenvalue weighted by atomic mass is 10.1. The Labute approximate surface area is 144 Å². The standard InChI is InChI=1S/C18H25N3O2S/c1-3-20(4-2)17-9-5-8-16-15(17)7-6-10-18(16)24(22,23)21-13-11-19-12-14-21/h5-10,19H,3-4,11-14H2,1-2H3. The molecule has 0 atom stereocenters. The van der Waals surface area contributed by atoms with Crippen LogP contribution < -0.4 is 10.2 Å². The number of sulfonamides is 1. The van der Waals surface area contributed by atoms with Crippen LogP contribution in [0.5, 0.6) is 0 Å². The third-order valence-electron chi connectivity index (χ3n) is 4.66. The number of nitrogens with one attached hydrogen (secondary N) is 1. The van der Waals surface area contributed by atoms with Crippen molar-refractivity contribution < 1.29 is 8.42 Å². The summed E-state index contributed by atoms with van der Waals surface area (Å²) < 4.78 is 27.8. The summed E-state index contributed by atoms with van der Waals surface area (Å²) in [6.07, 6.45) is 0. The van der Waals surface area contributed by atoms with Gasteiger partial charge in [0.2, 0.25) is 10.0 Å². The van der Waals surface area contributed by atoms with Gasteiger partial charge < -0.3 is 10.2 Å². The first-order valence-electron chi connectivity index (χ1n) is 8.57. The third-order valence-corrected chi connectivity index (χ3v) is 6.61. The van der Waals surface area contributed by atoms with Gasteiger partial charge >= 0.3 is 0 Å². The van der Waals surface area contributed by atoms with E-state index in [1.54, 1.807) is 10.4 Å². The SMILES string of the molecule is CCN(CC)c1cccc2c(S(=O)(=O)N3CCNCC3)cccc12. The summed E-state index contributed by atoms with van der Waals surface area (Å²) in [6.45, 7) is 8.47. The Morgan fingerprint density at radius 2 is 1.62 bits per heavy atom. The average molecular weight is 347 g/mol. The molecule has 0 aromatic heterocycles. The van der Waals surface area contributed by atoms with Crippen LogP contribution in [0, 0.1) is 0 Å². The van der Waals surface area contributed by atoms with Gasteiger partial charge in [-0.3, -0.25) is 0 Å². The molecule has 0 radical (unpaired) electrons. The Hall–Kier alpha value is -1.63. The zero-order chi connectivity index (χ0) is 17.2. The fraction of sp³-hybridized carbons (Fsp3) is 0.444. The number of hydrogen-bond donors (Lipinski definition) is 1. The van der Waals surface area contributed by atoms with Gasteiger partial charge in [-0.25, -0.2) is 8.42 Å². The van der Waals surface area contributed by atoms with Crippen LogP contribution in [0.2, 0.25) is 0 Å². The van der Waals surface area contributed by atoms with E-state index in [0.29, 0.717) is 31.1 Å². The van der Waals surface area contributed by atoms with Gasteiger partial charge in [-0.1, -0.05) is 24.3 Å². The Morgan fingerprint density at radius 3 is 2.29 bits per heavy atom. The maximum Gasteiger partial charge on any atom is 0.243 e. The van der Waals surface area contributed by atoms with Crippen molar-refractivity contribution in [2.24, 2.45) is 0 Å². The topological polar surface area (TPSA) is 52.7 Å². The second-order valence-electron chi connectivity index (χ2n) is 5.95. The van der Waals surface area contributed by atoms with Gasteiger partial charge in [-0.2, -0.15) is 4.31 Å². The molecule has 5 nitrogen and oxygen atoms in total. The van der Waals surface area contributed by atoms with Crippen LogP contribution in [-0.4, -0.2) is 52.0 Å². The number of benzene rings is 2. The Bertz CT molecular complexity index is 810. The lowest BCUT2D eigenvalue weighted by Gasteiger charge is -2.28.